The van der Waals surface area contributed by atoms with Gasteiger partial charge in [-0.15, -0.1) is 0 Å². The number of rotatable bonds is 38. The molecule has 0 aliphatic heterocycles. The lowest BCUT2D eigenvalue weighted by atomic mass is 9.81. The van der Waals surface area contributed by atoms with Crippen molar-refractivity contribution in [1.82, 2.24) is 0 Å². The van der Waals surface area contributed by atoms with E-state index in [4.69, 9.17) is 64.1 Å². The lowest BCUT2D eigenvalue weighted by Crippen LogP contribution is -2.50. The summed E-state index contributed by atoms with van der Waals surface area (Å²) in [4.78, 5) is 0. The van der Waals surface area contributed by atoms with Gasteiger partial charge in [-0.05, 0) is 149 Å². The smallest absolute Gasteiger partial charge is 0.264 e. The predicted octanol–water partition coefficient (Wildman–Crippen LogP) is 29.3. The first kappa shape index (κ1) is 88.0. The van der Waals surface area contributed by atoms with E-state index in [9.17, 15) is 0 Å². The average Bonchev–Trinajstić information content (AvgIpc) is 0.771. The van der Waals surface area contributed by atoms with Gasteiger partial charge in [-0.25, -0.2) is 0 Å². The zero-order chi connectivity index (χ0) is 87.2. The monoisotopic (exact) mass is 1810 g/mol. The van der Waals surface area contributed by atoms with Crippen molar-refractivity contribution >= 4 is 79.7 Å². The highest BCUT2D eigenvalue weighted by Gasteiger charge is 2.44. The molecule has 0 amide bonds. The van der Waals surface area contributed by atoms with Crippen molar-refractivity contribution in [3.63, 3.8) is 0 Å². The average molecular weight is 1810 g/mol. The third-order valence-electron chi connectivity index (χ3n) is 24.5. The van der Waals surface area contributed by atoms with Crippen LogP contribution in [0, 0.1) is 0 Å². The van der Waals surface area contributed by atoms with Crippen molar-refractivity contribution in [3.05, 3.63) is 581 Å². The summed E-state index contributed by atoms with van der Waals surface area (Å²) in [5.74, 6) is 1.79. The molecule has 17 aromatic carbocycles. The molecule has 0 aromatic heterocycles. The Morgan fingerprint density at radius 1 is 0.148 bits per heavy atom. The van der Waals surface area contributed by atoms with Crippen LogP contribution in [0.2, 0.25) is 20.1 Å². The zero-order valence-corrected chi connectivity index (χ0v) is 78.7. The zero-order valence-electron chi connectivity index (χ0n) is 71.7. The molecule has 128 heavy (non-hydrogen) atoms. The molecule has 0 bridgehead atoms. The van der Waals surface area contributed by atoms with Gasteiger partial charge in [-0.1, -0.05) is 459 Å². The fourth-order valence-electron chi connectivity index (χ4n) is 18.9. The van der Waals surface area contributed by atoms with E-state index in [-0.39, 0.29) is 0 Å². The van der Waals surface area contributed by atoms with Crippen molar-refractivity contribution in [1.29, 1.82) is 0 Å². The van der Waals surface area contributed by atoms with Crippen LogP contribution in [0.15, 0.2) is 461 Å². The molecule has 0 aliphatic carbocycles. The molecule has 0 saturated carbocycles. The summed E-state index contributed by atoms with van der Waals surface area (Å²) in [6, 6.07) is 173. The van der Waals surface area contributed by atoms with Gasteiger partial charge in [0.05, 0.1) is 20.1 Å². The third kappa shape index (κ3) is 23.3. The van der Waals surface area contributed by atoms with E-state index in [1.807, 2.05) is 0 Å². The van der Waals surface area contributed by atoms with Gasteiger partial charge >= 0.3 is 0 Å². The highest BCUT2D eigenvalue weighted by atomic mass is 35.5. The summed E-state index contributed by atoms with van der Waals surface area (Å²) >= 11 is 31.8. The second-order valence-corrected chi connectivity index (χ2v) is 50.5. The molecule has 0 atom stereocenters. The summed E-state index contributed by atoms with van der Waals surface area (Å²) in [6.45, 7) is 0. The van der Waals surface area contributed by atoms with Crippen LogP contribution in [-0.2, 0) is 72.5 Å². The van der Waals surface area contributed by atoms with Crippen LogP contribution >= 0.6 is 46.4 Å². The van der Waals surface area contributed by atoms with Gasteiger partial charge in [-0.3, -0.25) is 0 Å². The Morgan fingerprint density at radius 2 is 0.266 bits per heavy atom. The fourth-order valence-corrected chi connectivity index (χ4v) is 36.8. The Labute approximate surface area is 779 Å². The first-order chi connectivity index (χ1) is 62.8. The molecule has 0 unspecified atom stereocenters. The molecule has 0 saturated heterocycles. The van der Waals surface area contributed by atoms with Crippen LogP contribution in [0.3, 0.4) is 0 Å². The normalized spacial score (nSPS) is 11.8. The van der Waals surface area contributed by atoms with E-state index in [1.165, 1.54) is 66.8 Å². The Kier molecular flexibility index (Phi) is 29.1. The maximum Gasteiger partial charge on any atom is 0.264 e. The molecule has 0 radical (unpaired) electrons. The van der Waals surface area contributed by atoms with E-state index in [2.05, 4.69) is 461 Å². The second kappa shape index (κ2) is 42.3. The molecule has 0 fully saturated rings. The largest absolute Gasteiger partial charge is 0.541 e. The van der Waals surface area contributed by atoms with E-state index in [1.54, 1.807) is 0 Å². The molecular formula is C116H102Cl4O4Si4. The Morgan fingerprint density at radius 3 is 0.383 bits per heavy atom. The Balaban J connectivity index is 0.799. The lowest BCUT2D eigenvalue weighted by Gasteiger charge is -2.34. The maximum absolute atomic E-state index is 7.95. The van der Waals surface area contributed by atoms with Crippen LogP contribution in [0.5, 0.6) is 23.0 Å². The highest BCUT2D eigenvalue weighted by molar-refractivity contribution is 6.74. The van der Waals surface area contributed by atoms with Crippen LogP contribution in [-0.4, -0.2) is 33.3 Å². The van der Waals surface area contributed by atoms with Crippen molar-refractivity contribution in [3.8, 4) is 23.0 Å². The molecule has 0 spiro atoms. The quantitative estimate of drug-likeness (QED) is 0.0285. The van der Waals surface area contributed by atoms with E-state index >= 15 is 0 Å². The molecular weight excluding hydrogens is 1710 g/mol. The molecule has 12 heteroatoms. The summed E-state index contributed by atoms with van der Waals surface area (Å²) in [5, 5.41) is 2.09. The van der Waals surface area contributed by atoms with Gasteiger partial charge in [0, 0.05) is 84.4 Å². The van der Waals surface area contributed by atoms with Gasteiger partial charge in [0.2, 0.25) is 0 Å². The van der Waals surface area contributed by atoms with Gasteiger partial charge in [-0.2, -0.15) is 0 Å². The number of hydrogen-bond acceptors (Lipinski definition) is 4. The summed E-state index contributed by atoms with van der Waals surface area (Å²) < 4.78 is 31.2. The molecule has 0 aliphatic rings. The third-order valence-corrected chi connectivity index (χ3v) is 40.9. The van der Waals surface area contributed by atoms with Gasteiger partial charge in [0.1, 0.15) is 23.0 Å². The van der Waals surface area contributed by atoms with Crippen LogP contribution in [0.25, 0.3) is 0 Å². The maximum atomic E-state index is 7.95. The van der Waals surface area contributed by atoms with Crippen LogP contribution in [0.4, 0.5) is 0 Å². The number of benzene rings is 17. The summed E-state index contributed by atoms with van der Waals surface area (Å²) in [5.41, 5.74) is 20.6. The van der Waals surface area contributed by atoms with Gasteiger partial charge < -0.3 is 17.7 Å². The van der Waals surface area contributed by atoms with E-state index in [0.29, 0.717) is 43.1 Å². The second-order valence-electron chi connectivity index (χ2n) is 34.4. The topological polar surface area (TPSA) is 36.9 Å². The van der Waals surface area contributed by atoms with Crippen LogP contribution in [0.1, 0.15) is 112 Å². The van der Waals surface area contributed by atoms with E-state index < -0.39 is 45.1 Å². The minimum atomic E-state index is -2.91. The fraction of sp³-hybridized carbons (Fsp3) is 0.121. The predicted molar refractivity (Wildman–Crippen MR) is 541 cm³/mol. The standard InChI is InChI=1S/C116H102Cl4O4Si4/c117-107-73-103(65-69-111(107)121-125(77-89-37-13-1-14-38-89,78-90-39-15-2-16-40-90)79-91-41-17-3-18-42-91)115(104-66-70-112(108(118)74-104)122-126(80-92-43-19-4-20-44-92,81-93-45-21-5-22-46-93)82-94-47-23-6-24-48-94)101-61-63-102(64-62-101)116(105-67-71-113(109(119)75-105)123-127(83-95-49-25-7-26-50-95,84-96-51-27-8-28-52-96)85-97-53-29-9-30-54-97)106-68-72-114(110(120)76-106)124-128(86-98-55-31-10-32-56-98,87-99-57-33-11-34-58-99)88-100-59-35-12-36-60-100/h1-76,115-116H,77-88H2. The minimum Gasteiger partial charge on any atom is -0.541 e. The molecule has 17 aromatic rings. The van der Waals surface area contributed by atoms with Crippen molar-refractivity contribution in [2.45, 2.75) is 84.4 Å². The summed E-state index contributed by atoms with van der Waals surface area (Å²) in [6.07, 6.45) is 0. The minimum absolute atomic E-state index is 0.406. The summed E-state index contributed by atoms with van der Waals surface area (Å²) in [7, 11) is -11.6. The van der Waals surface area contributed by atoms with Gasteiger partial charge in [0.15, 0.2) is 0 Å². The first-order valence-corrected chi connectivity index (χ1v) is 55.9. The lowest BCUT2D eigenvalue weighted by molar-refractivity contribution is 0.523. The van der Waals surface area contributed by atoms with Crippen molar-refractivity contribution in [2.24, 2.45) is 0 Å². The Hall–Kier alpha value is -12.0. The molecule has 0 N–H and O–H groups in total. The Bertz CT molecular complexity index is 5200. The van der Waals surface area contributed by atoms with Gasteiger partial charge in [0.25, 0.3) is 33.3 Å². The molecule has 634 valence electrons. The molecule has 4 nitrogen and oxygen atoms in total. The molecule has 17 rings (SSSR count). The van der Waals surface area contributed by atoms with E-state index in [0.717, 1.165) is 106 Å². The SMILES string of the molecule is Clc1cc(C(c2ccc(C(c3ccc(O[Si](Cc4ccccc4)(Cc4ccccc4)Cc4ccccc4)c(Cl)c3)c3ccc(O[Si](Cc4ccccc4)(Cc4ccccc4)Cc4ccccc4)c(Cl)c3)cc2)c2ccc(O[Si](Cc3ccccc3)(Cc3ccccc3)Cc3ccccc3)c(Cl)c2)ccc1O[Si](Cc1ccccc1)(Cc1ccccc1)Cc1ccccc1. The van der Waals surface area contributed by atoms with Crippen LogP contribution < -0.4 is 17.7 Å². The first-order valence-electron chi connectivity index (χ1n) is 44.3. The number of halogens is 4. The van der Waals surface area contributed by atoms with Crippen molar-refractivity contribution in [2.75, 3.05) is 0 Å². The molecule has 0 heterocycles. The van der Waals surface area contributed by atoms with Crippen molar-refractivity contribution < 1.29 is 17.7 Å². The number of hydrogen-bond donors (Lipinski definition) is 0. The highest BCUT2D eigenvalue weighted by Crippen LogP contribution is 2.46.